The molecule has 2 unspecified atom stereocenters. The van der Waals surface area contributed by atoms with Gasteiger partial charge >= 0.3 is 0 Å². The van der Waals surface area contributed by atoms with Crippen LogP contribution in [0.5, 0.6) is 0 Å². The largest absolute Gasteiger partial charge is 0.341 e. The first kappa shape index (κ1) is 18.9. The summed E-state index contributed by atoms with van der Waals surface area (Å²) in [5.41, 5.74) is 2.94. The van der Waals surface area contributed by atoms with Gasteiger partial charge in [0.2, 0.25) is 5.91 Å². The molecule has 2 atom stereocenters. The zero-order chi connectivity index (χ0) is 18.7. The van der Waals surface area contributed by atoms with E-state index < -0.39 is 0 Å². The minimum Gasteiger partial charge on any atom is -0.341 e. The van der Waals surface area contributed by atoms with Gasteiger partial charge in [0.15, 0.2) is 0 Å². The molecule has 5 heteroatoms. The maximum atomic E-state index is 13.0. The summed E-state index contributed by atoms with van der Waals surface area (Å²) in [6.07, 6.45) is 3.96. The molecule has 0 radical (unpaired) electrons. The lowest BCUT2D eigenvalue weighted by Crippen LogP contribution is -2.52. The van der Waals surface area contributed by atoms with E-state index in [1.807, 2.05) is 42.8 Å². The van der Waals surface area contributed by atoms with Crippen LogP contribution in [0.1, 0.15) is 47.2 Å². The van der Waals surface area contributed by atoms with E-state index in [2.05, 4.69) is 11.4 Å². The van der Waals surface area contributed by atoms with Crippen molar-refractivity contribution in [3.05, 3.63) is 34.9 Å². The minimum absolute atomic E-state index is 0.0565. The molecule has 1 aromatic carbocycles. The first-order chi connectivity index (χ1) is 12.5. The van der Waals surface area contributed by atoms with Crippen molar-refractivity contribution in [3.8, 4) is 0 Å². The number of hydrogen-bond acceptors (Lipinski definition) is 3. The Labute approximate surface area is 156 Å². The number of likely N-dealkylation sites (tertiary alicyclic amines) is 2. The van der Waals surface area contributed by atoms with Gasteiger partial charge in [-0.15, -0.1) is 0 Å². The highest BCUT2D eigenvalue weighted by molar-refractivity contribution is 5.95. The molecular weight excluding hydrogens is 326 g/mol. The molecule has 0 saturated carbocycles. The summed E-state index contributed by atoms with van der Waals surface area (Å²) in [6, 6.07) is 6.36. The molecule has 3 rings (SSSR count). The first-order valence-electron chi connectivity index (χ1n) is 9.81. The third-order valence-corrected chi connectivity index (χ3v) is 5.67. The second kappa shape index (κ2) is 8.21. The third-order valence-electron chi connectivity index (χ3n) is 5.67. The average molecular weight is 357 g/mol. The predicted octanol–water partition coefficient (Wildman–Crippen LogP) is 2.37. The van der Waals surface area contributed by atoms with E-state index in [1.54, 1.807) is 0 Å². The summed E-state index contributed by atoms with van der Waals surface area (Å²) in [6.45, 7) is 6.96. The van der Waals surface area contributed by atoms with Crippen molar-refractivity contribution in [2.75, 3.05) is 33.2 Å². The fourth-order valence-corrected chi connectivity index (χ4v) is 4.32. The Hall–Kier alpha value is -1.88. The Morgan fingerprint density at radius 2 is 1.62 bits per heavy atom. The van der Waals surface area contributed by atoms with Crippen molar-refractivity contribution < 1.29 is 9.59 Å². The summed E-state index contributed by atoms with van der Waals surface area (Å²) < 4.78 is 0. The topological polar surface area (TPSA) is 52.7 Å². The molecule has 2 aliphatic rings. The van der Waals surface area contributed by atoms with Crippen LogP contribution in [-0.2, 0) is 4.79 Å². The lowest BCUT2D eigenvalue weighted by Gasteiger charge is -2.38. The maximum Gasteiger partial charge on any atom is 0.253 e. The third kappa shape index (κ3) is 4.26. The zero-order valence-electron chi connectivity index (χ0n) is 16.3. The van der Waals surface area contributed by atoms with E-state index in [0.29, 0.717) is 12.6 Å². The van der Waals surface area contributed by atoms with Crippen molar-refractivity contribution in [2.45, 2.75) is 45.6 Å². The second-order valence-corrected chi connectivity index (χ2v) is 7.88. The van der Waals surface area contributed by atoms with Crippen molar-refractivity contribution in [3.63, 3.8) is 0 Å². The summed E-state index contributed by atoms with van der Waals surface area (Å²) in [7, 11) is 1.96. The number of carbonyl (C=O) groups excluding carboxylic acids is 2. The fourth-order valence-electron chi connectivity index (χ4n) is 4.32. The molecule has 2 amide bonds. The van der Waals surface area contributed by atoms with E-state index in [0.717, 1.165) is 62.0 Å². The highest BCUT2D eigenvalue weighted by Gasteiger charge is 2.33. The number of amides is 2. The number of nitrogens with one attached hydrogen (secondary N) is 1. The predicted molar refractivity (Wildman–Crippen MR) is 103 cm³/mol. The number of aryl methyl sites for hydroxylation is 2. The smallest absolute Gasteiger partial charge is 0.253 e. The van der Waals surface area contributed by atoms with Gasteiger partial charge in [0.1, 0.15) is 0 Å². The molecule has 1 N–H and O–H groups in total. The molecule has 1 aromatic rings. The molecule has 0 bridgehead atoms. The molecular formula is C21H31N3O2. The van der Waals surface area contributed by atoms with Gasteiger partial charge in [-0.25, -0.2) is 0 Å². The van der Waals surface area contributed by atoms with Gasteiger partial charge in [-0.05, 0) is 58.7 Å². The van der Waals surface area contributed by atoms with Crippen LogP contribution in [0.3, 0.4) is 0 Å². The Bertz CT molecular complexity index is 653. The lowest BCUT2D eigenvalue weighted by molar-refractivity contribution is -0.138. The normalized spacial score (nSPS) is 23.8. The molecule has 5 nitrogen and oxygen atoms in total. The first-order valence-corrected chi connectivity index (χ1v) is 9.81. The van der Waals surface area contributed by atoms with Crippen LogP contribution in [0.2, 0.25) is 0 Å². The minimum atomic E-state index is -0.0609. The fraction of sp³-hybridized carbons (Fsp3) is 0.619. The maximum absolute atomic E-state index is 13.0. The number of hydrogen-bond donors (Lipinski definition) is 1. The van der Waals surface area contributed by atoms with E-state index in [-0.39, 0.29) is 17.7 Å². The van der Waals surface area contributed by atoms with E-state index in [9.17, 15) is 9.59 Å². The van der Waals surface area contributed by atoms with Crippen LogP contribution in [0, 0.1) is 19.8 Å². The van der Waals surface area contributed by atoms with Gasteiger partial charge in [-0.3, -0.25) is 9.59 Å². The lowest BCUT2D eigenvalue weighted by atomic mass is 9.94. The summed E-state index contributed by atoms with van der Waals surface area (Å²) in [4.78, 5) is 29.8. The molecule has 142 valence electrons. The van der Waals surface area contributed by atoms with Gasteiger partial charge in [0.05, 0.1) is 5.92 Å². The number of rotatable bonds is 3. The molecule has 2 heterocycles. The quantitative estimate of drug-likeness (QED) is 0.904. The molecule has 26 heavy (non-hydrogen) atoms. The van der Waals surface area contributed by atoms with Crippen LogP contribution in [0.15, 0.2) is 18.2 Å². The van der Waals surface area contributed by atoms with Crippen LogP contribution >= 0.6 is 0 Å². The number of nitrogens with zero attached hydrogens (tertiary/aromatic N) is 2. The summed E-state index contributed by atoms with van der Waals surface area (Å²) >= 11 is 0. The SMILES string of the molecule is CNC1CCCN(C(=O)C2CCCN(C(=O)c3cc(C)cc(C)c3)C2)C1. The van der Waals surface area contributed by atoms with E-state index >= 15 is 0 Å². The molecule has 2 aliphatic heterocycles. The van der Waals surface area contributed by atoms with Crippen molar-refractivity contribution in [2.24, 2.45) is 5.92 Å². The summed E-state index contributed by atoms with van der Waals surface area (Å²) in [5.74, 6) is 0.220. The number of piperidine rings is 2. The standard InChI is InChI=1S/C21H31N3O2/c1-15-10-16(2)12-18(11-15)21(26)23-8-4-6-17(13-23)20(25)24-9-5-7-19(14-24)22-3/h10-12,17,19,22H,4-9,13-14H2,1-3H3. The van der Waals surface area contributed by atoms with Crippen LogP contribution in [0.25, 0.3) is 0 Å². The molecule has 0 spiro atoms. The van der Waals surface area contributed by atoms with Crippen molar-refractivity contribution in [1.29, 1.82) is 0 Å². The number of benzene rings is 1. The Morgan fingerprint density at radius 3 is 2.31 bits per heavy atom. The summed E-state index contributed by atoms with van der Waals surface area (Å²) in [5, 5.41) is 3.29. The van der Waals surface area contributed by atoms with E-state index in [4.69, 9.17) is 0 Å². The second-order valence-electron chi connectivity index (χ2n) is 7.88. The Balaban J connectivity index is 1.66. The number of carbonyl (C=O) groups is 2. The monoisotopic (exact) mass is 357 g/mol. The van der Waals surface area contributed by atoms with Gasteiger partial charge in [-0.1, -0.05) is 17.2 Å². The van der Waals surface area contributed by atoms with E-state index in [1.165, 1.54) is 0 Å². The zero-order valence-corrected chi connectivity index (χ0v) is 16.3. The Morgan fingerprint density at radius 1 is 0.962 bits per heavy atom. The molecule has 0 aliphatic carbocycles. The van der Waals surface area contributed by atoms with Gasteiger partial charge in [-0.2, -0.15) is 0 Å². The molecule has 2 saturated heterocycles. The van der Waals surface area contributed by atoms with Crippen LogP contribution < -0.4 is 5.32 Å². The van der Waals surface area contributed by atoms with Crippen molar-refractivity contribution >= 4 is 11.8 Å². The highest BCUT2D eigenvalue weighted by atomic mass is 16.2. The van der Waals surface area contributed by atoms with Gasteiger partial charge in [0, 0.05) is 37.8 Å². The van der Waals surface area contributed by atoms with Gasteiger partial charge < -0.3 is 15.1 Å². The van der Waals surface area contributed by atoms with Crippen LogP contribution in [-0.4, -0.2) is 60.9 Å². The molecule has 0 aromatic heterocycles. The van der Waals surface area contributed by atoms with Gasteiger partial charge in [0.25, 0.3) is 5.91 Å². The molecule has 2 fully saturated rings. The van der Waals surface area contributed by atoms with Crippen molar-refractivity contribution in [1.82, 2.24) is 15.1 Å². The van der Waals surface area contributed by atoms with Crippen LogP contribution in [0.4, 0.5) is 0 Å². The Kier molecular flexibility index (Phi) is 5.97. The highest BCUT2D eigenvalue weighted by Crippen LogP contribution is 2.23. The average Bonchev–Trinajstić information content (AvgIpc) is 2.66. The number of likely N-dealkylation sites (N-methyl/N-ethyl adjacent to an activating group) is 1.